The summed E-state index contributed by atoms with van der Waals surface area (Å²) in [6.07, 6.45) is 6.18. The summed E-state index contributed by atoms with van der Waals surface area (Å²) in [6, 6.07) is 4.84. The molecule has 0 saturated heterocycles. The van der Waals surface area contributed by atoms with Gasteiger partial charge in [0, 0.05) is 10.6 Å². The minimum absolute atomic E-state index is 0.215. The van der Waals surface area contributed by atoms with Gasteiger partial charge in [0.15, 0.2) is 0 Å². The molecule has 2 N–H and O–H groups in total. The van der Waals surface area contributed by atoms with Gasteiger partial charge >= 0.3 is 0 Å². The molecule has 1 aliphatic carbocycles. The highest BCUT2D eigenvalue weighted by Crippen LogP contribution is 2.30. The Morgan fingerprint density at radius 1 is 1.25 bits per heavy atom. The Balaban J connectivity index is 2.13. The first-order valence-corrected chi connectivity index (χ1v) is 6.20. The number of benzene rings is 1. The van der Waals surface area contributed by atoms with Gasteiger partial charge in [0.2, 0.25) is 0 Å². The first kappa shape index (κ1) is 11.9. The fourth-order valence-electron chi connectivity index (χ4n) is 2.48. The molecule has 88 valence electrons. The zero-order chi connectivity index (χ0) is 11.6. The van der Waals surface area contributed by atoms with Crippen molar-refractivity contribution >= 4 is 11.6 Å². The summed E-state index contributed by atoms with van der Waals surface area (Å²) in [7, 11) is 0. The summed E-state index contributed by atoms with van der Waals surface area (Å²) in [5.41, 5.74) is 6.77. The zero-order valence-corrected chi connectivity index (χ0v) is 10.1. The summed E-state index contributed by atoms with van der Waals surface area (Å²) in [6.45, 7) is 0. The van der Waals surface area contributed by atoms with Gasteiger partial charge in [-0.15, -0.1) is 0 Å². The summed E-state index contributed by atoms with van der Waals surface area (Å²) >= 11 is 5.72. The van der Waals surface area contributed by atoms with Crippen molar-refractivity contribution in [3.8, 4) is 0 Å². The van der Waals surface area contributed by atoms with Gasteiger partial charge in [-0.1, -0.05) is 36.9 Å². The highest BCUT2D eigenvalue weighted by atomic mass is 35.5. The Morgan fingerprint density at radius 3 is 2.56 bits per heavy atom. The molecule has 1 aromatic rings. The number of nitrogens with two attached hydrogens (primary N) is 1. The van der Waals surface area contributed by atoms with Crippen LogP contribution in [0.15, 0.2) is 18.2 Å². The molecule has 1 saturated carbocycles. The SMILES string of the molecule is NC1(Cc2ccc(Cl)cc2F)CCCCC1. The first-order valence-electron chi connectivity index (χ1n) is 5.82. The fraction of sp³-hybridized carbons (Fsp3) is 0.538. The first-order chi connectivity index (χ1) is 7.59. The van der Waals surface area contributed by atoms with Crippen LogP contribution in [0.25, 0.3) is 0 Å². The molecule has 3 heteroatoms. The van der Waals surface area contributed by atoms with Crippen molar-refractivity contribution < 1.29 is 4.39 Å². The summed E-state index contributed by atoms with van der Waals surface area (Å²) < 4.78 is 13.6. The van der Waals surface area contributed by atoms with Crippen molar-refractivity contribution in [2.24, 2.45) is 5.73 Å². The lowest BCUT2D eigenvalue weighted by atomic mass is 9.78. The number of hydrogen-bond donors (Lipinski definition) is 1. The predicted molar refractivity (Wildman–Crippen MR) is 65.1 cm³/mol. The molecule has 0 spiro atoms. The van der Waals surface area contributed by atoms with Gasteiger partial charge in [0.1, 0.15) is 5.82 Å². The molecule has 0 aliphatic heterocycles. The van der Waals surface area contributed by atoms with Crippen LogP contribution in [0.4, 0.5) is 4.39 Å². The molecule has 1 aromatic carbocycles. The lowest BCUT2D eigenvalue weighted by molar-refractivity contribution is 0.291. The van der Waals surface area contributed by atoms with Crippen molar-refractivity contribution in [1.82, 2.24) is 0 Å². The highest BCUT2D eigenvalue weighted by Gasteiger charge is 2.28. The largest absolute Gasteiger partial charge is 0.325 e. The standard InChI is InChI=1S/C13H17ClFN/c14-11-5-4-10(12(15)8-11)9-13(16)6-2-1-3-7-13/h4-5,8H,1-3,6-7,9,16H2. The smallest absolute Gasteiger partial charge is 0.127 e. The molecule has 1 nitrogen and oxygen atoms in total. The molecule has 0 amide bonds. The van der Waals surface area contributed by atoms with Crippen LogP contribution in [-0.4, -0.2) is 5.54 Å². The van der Waals surface area contributed by atoms with Crippen LogP contribution in [0.1, 0.15) is 37.7 Å². The van der Waals surface area contributed by atoms with E-state index in [9.17, 15) is 4.39 Å². The lowest BCUT2D eigenvalue weighted by Gasteiger charge is -2.33. The third-order valence-electron chi connectivity index (χ3n) is 3.41. The van der Waals surface area contributed by atoms with Gasteiger partial charge in [-0.2, -0.15) is 0 Å². The van der Waals surface area contributed by atoms with Crippen LogP contribution in [-0.2, 0) is 6.42 Å². The van der Waals surface area contributed by atoms with E-state index >= 15 is 0 Å². The van der Waals surface area contributed by atoms with Crippen molar-refractivity contribution in [1.29, 1.82) is 0 Å². The average molecular weight is 242 g/mol. The number of halogens is 2. The van der Waals surface area contributed by atoms with Crippen molar-refractivity contribution in [3.05, 3.63) is 34.6 Å². The maximum absolute atomic E-state index is 13.6. The van der Waals surface area contributed by atoms with Gasteiger partial charge in [0.05, 0.1) is 0 Å². The Morgan fingerprint density at radius 2 is 1.94 bits per heavy atom. The maximum atomic E-state index is 13.6. The molecular weight excluding hydrogens is 225 g/mol. The summed E-state index contributed by atoms with van der Waals surface area (Å²) in [5.74, 6) is -0.233. The van der Waals surface area contributed by atoms with Gasteiger partial charge in [-0.25, -0.2) is 4.39 Å². The monoisotopic (exact) mass is 241 g/mol. The number of hydrogen-bond acceptors (Lipinski definition) is 1. The van der Waals surface area contributed by atoms with Crippen LogP contribution in [0.2, 0.25) is 5.02 Å². The predicted octanol–water partition coefficient (Wildman–Crippen LogP) is 3.68. The topological polar surface area (TPSA) is 26.0 Å². The Labute approximate surface area is 101 Å². The van der Waals surface area contributed by atoms with E-state index in [1.54, 1.807) is 12.1 Å². The van der Waals surface area contributed by atoms with Gasteiger partial charge in [0.25, 0.3) is 0 Å². The molecule has 1 fully saturated rings. The average Bonchev–Trinajstić information content (AvgIpc) is 2.23. The van der Waals surface area contributed by atoms with Crippen molar-refractivity contribution in [2.75, 3.05) is 0 Å². The zero-order valence-electron chi connectivity index (χ0n) is 9.31. The van der Waals surface area contributed by atoms with E-state index in [0.717, 1.165) is 25.7 Å². The minimum Gasteiger partial charge on any atom is -0.325 e. The third kappa shape index (κ3) is 2.74. The van der Waals surface area contributed by atoms with Crippen LogP contribution < -0.4 is 5.73 Å². The molecular formula is C13H17ClFN. The van der Waals surface area contributed by atoms with Crippen LogP contribution in [0.3, 0.4) is 0 Å². The van der Waals surface area contributed by atoms with Gasteiger partial charge < -0.3 is 5.73 Å². The summed E-state index contributed by atoms with van der Waals surface area (Å²) in [4.78, 5) is 0. The molecule has 2 rings (SSSR count). The number of rotatable bonds is 2. The quantitative estimate of drug-likeness (QED) is 0.840. The molecule has 0 atom stereocenters. The summed E-state index contributed by atoms with van der Waals surface area (Å²) in [5, 5.41) is 0.441. The third-order valence-corrected chi connectivity index (χ3v) is 3.64. The van der Waals surface area contributed by atoms with E-state index in [1.165, 1.54) is 12.5 Å². The van der Waals surface area contributed by atoms with Crippen molar-refractivity contribution in [3.63, 3.8) is 0 Å². The molecule has 1 aliphatic rings. The lowest BCUT2D eigenvalue weighted by Crippen LogP contribution is -2.43. The Bertz CT molecular complexity index is 372. The van der Waals surface area contributed by atoms with Crippen LogP contribution >= 0.6 is 11.6 Å². The second kappa shape index (κ2) is 4.72. The van der Waals surface area contributed by atoms with E-state index < -0.39 is 0 Å². The van der Waals surface area contributed by atoms with E-state index in [4.69, 9.17) is 17.3 Å². The molecule has 0 bridgehead atoms. The fourth-order valence-corrected chi connectivity index (χ4v) is 2.64. The van der Waals surface area contributed by atoms with Crippen LogP contribution in [0, 0.1) is 5.82 Å². The van der Waals surface area contributed by atoms with E-state index in [-0.39, 0.29) is 11.4 Å². The van der Waals surface area contributed by atoms with Crippen molar-refractivity contribution in [2.45, 2.75) is 44.1 Å². The molecule has 0 radical (unpaired) electrons. The maximum Gasteiger partial charge on any atom is 0.127 e. The van der Waals surface area contributed by atoms with E-state index in [1.807, 2.05) is 0 Å². The second-order valence-electron chi connectivity index (χ2n) is 4.84. The Kier molecular flexibility index (Phi) is 3.50. The second-order valence-corrected chi connectivity index (χ2v) is 5.27. The van der Waals surface area contributed by atoms with Gasteiger partial charge in [-0.05, 0) is 37.0 Å². The van der Waals surface area contributed by atoms with Crippen LogP contribution in [0.5, 0.6) is 0 Å². The Hall–Kier alpha value is -0.600. The van der Waals surface area contributed by atoms with E-state index in [0.29, 0.717) is 17.0 Å². The molecule has 0 unspecified atom stereocenters. The van der Waals surface area contributed by atoms with Gasteiger partial charge in [-0.3, -0.25) is 0 Å². The molecule has 0 heterocycles. The molecule has 0 aromatic heterocycles. The molecule has 16 heavy (non-hydrogen) atoms. The normalized spacial score (nSPS) is 19.7. The highest BCUT2D eigenvalue weighted by molar-refractivity contribution is 6.30. The minimum atomic E-state index is -0.233. The van der Waals surface area contributed by atoms with E-state index in [2.05, 4.69) is 0 Å².